The molecule has 0 spiro atoms. The van der Waals surface area contributed by atoms with E-state index in [0.717, 1.165) is 82.5 Å². The van der Waals surface area contributed by atoms with Gasteiger partial charge in [0.05, 0.1) is 5.69 Å². The summed E-state index contributed by atoms with van der Waals surface area (Å²) in [6.07, 6.45) is 1.16. The van der Waals surface area contributed by atoms with Crippen LogP contribution >= 0.6 is 0 Å². The van der Waals surface area contributed by atoms with Crippen molar-refractivity contribution in [1.29, 1.82) is 0 Å². The third-order valence-corrected chi connectivity index (χ3v) is 6.63. The van der Waals surface area contributed by atoms with Crippen LogP contribution in [-0.2, 0) is 6.54 Å². The van der Waals surface area contributed by atoms with Crippen LogP contribution in [0.1, 0.15) is 32.8 Å². The van der Waals surface area contributed by atoms with Gasteiger partial charge in [0.2, 0.25) is 0 Å². The third-order valence-electron chi connectivity index (χ3n) is 6.63. The molecule has 1 N–H and O–H groups in total. The minimum absolute atomic E-state index is 0.128. The number of likely N-dealkylation sites (tertiary alicyclic amines) is 1. The Morgan fingerprint density at radius 3 is 2.47 bits per heavy atom. The van der Waals surface area contributed by atoms with Crippen LogP contribution in [0.15, 0.2) is 23.2 Å². The molecule has 0 aliphatic carbocycles. The van der Waals surface area contributed by atoms with E-state index in [4.69, 9.17) is 0 Å². The summed E-state index contributed by atoms with van der Waals surface area (Å²) in [5.74, 6) is 0.779. The average Bonchev–Trinajstić information content (AvgIpc) is 3.25. The summed E-state index contributed by atoms with van der Waals surface area (Å²) in [5.41, 5.74) is 1.67. The smallest absolute Gasteiger partial charge is 0.193 e. The number of nitrogens with zero attached hydrogens (tertiary/aromatic N) is 5. The van der Waals surface area contributed by atoms with E-state index in [1.165, 1.54) is 0 Å². The van der Waals surface area contributed by atoms with Gasteiger partial charge in [0, 0.05) is 58.9 Å². The number of anilines is 1. The van der Waals surface area contributed by atoms with Crippen molar-refractivity contribution in [2.45, 2.75) is 39.8 Å². The lowest BCUT2D eigenvalue weighted by Crippen LogP contribution is -2.46. The minimum Gasteiger partial charge on any atom is -0.367 e. The van der Waals surface area contributed by atoms with Crippen LogP contribution in [0.4, 0.5) is 10.1 Å². The van der Waals surface area contributed by atoms with Gasteiger partial charge in [-0.15, -0.1) is 0 Å². The van der Waals surface area contributed by atoms with Gasteiger partial charge < -0.3 is 20.0 Å². The SMILES string of the molecule is CCN1CCN(c2ccc(CNC(=NC)N3CCC(N(CC)CC)C3)cc2F)CC1. The molecule has 2 heterocycles. The first-order chi connectivity index (χ1) is 14.6. The topological polar surface area (TPSA) is 37.4 Å². The Bertz CT molecular complexity index is 697. The zero-order valence-corrected chi connectivity index (χ0v) is 19.2. The van der Waals surface area contributed by atoms with E-state index in [-0.39, 0.29) is 5.82 Å². The molecule has 0 amide bonds. The first kappa shape index (κ1) is 22.8. The summed E-state index contributed by atoms with van der Waals surface area (Å²) in [7, 11) is 1.83. The Kier molecular flexibility index (Phi) is 8.33. The van der Waals surface area contributed by atoms with Gasteiger partial charge in [-0.25, -0.2) is 4.39 Å². The maximum absolute atomic E-state index is 14.8. The summed E-state index contributed by atoms with van der Waals surface area (Å²) in [6, 6.07) is 6.23. The highest BCUT2D eigenvalue weighted by atomic mass is 19.1. The van der Waals surface area contributed by atoms with E-state index in [0.29, 0.717) is 12.6 Å². The molecule has 0 aromatic heterocycles. The van der Waals surface area contributed by atoms with Crippen molar-refractivity contribution in [2.75, 3.05) is 70.9 Å². The fraction of sp³-hybridized carbons (Fsp3) is 0.696. The molecular formula is C23H39FN6. The van der Waals surface area contributed by atoms with Crippen LogP contribution < -0.4 is 10.2 Å². The molecule has 168 valence electrons. The largest absolute Gasteiger partial charge is 0.367 e. The maximum atomic E-state index is 14.8. The van der Waals surface area contributed by atoms with Crippen LogP contribution in [0.5, 0.6) is 0 Å². The molecule has 1 atom stereocenters. The average molecular weight is 419 g/mol. The number of rotatable bonds is 7. The molecule has 2 aliphatic heterocycles. The first-order valence-corrected chi connectivity index (χ1v) is 11.5. The second kappa shape index (κ2) is 11.0. The number of likely N-dealkylation sites (N-methyl/N-ethyl adjacent to an activating group) is 2. The fourth-order valence-corrected chi connectivity index (χ4v) is 4.71. The Morgan fingerprint density at radius 1 is 1.13 bits per heavy atom. The zero-order chi connectivity index (χ0) is 21.5. The summed E-state index contributed by atoms with van der Waals surface area (Å²) in [6.45, 7) is 16.2. The minimum atomic E-state index is -0.128. The van der Waals surface area contributed by atoms with Crippen LogP contribution in [-0.4, -0.2) is 92.7 Å². The monoisotopic (exact) mass is 418 g/mol. The number of hydrogen-bond acceptors (Lipinski definition) is 4. The van der Waals surface area contributed by atoms with E-state index >= 15 is 0 Å². The van der Waals surface area contributed by atoms with Crippen LogP contribution in [0.3, 0.4) is 0 Å². The molecule has 0 saturated carbocycles. The van der Waals surface area contributed by atoms with E-state index < -0.39 is 0 Å². The van der Waals surface area contributed by atoms with E-state index in [9.17, 15) is 4.39 Å². The van der Waals surface area contributed by atoms with Crippen molar-refractivity contribution in [3.63, 3.8) is 0 Å². The Labute approximate surface area is 181 Å². The van der Waals surface area contributed by atoms with Crippen LogP contribution in [0.25, 0.3) is 0 Å². The normalized spacial score (nSPS) is 21.0. The van der Waals surface area contributed by atoms with Crippen molar-refractivity contribution in [3.05, 3.63) is 29.6 Å². The Hall–Kier alpha value is -1.86. The lowest BCUT2D eigenvalue weighted by atomic mass is 10.1. The molecule has 0 radical (unpaired) electrons. The molecule has 3 rings (SSSR count). The molecule has 1 unspecified atom stereocenters. The number of guanidine groups is 1. The molecule has 7 heteroatoms. The highest BCUT2D eigenvalue weighted by Gasteiger charge is 2.28. The lowest BCUT2D eigenvalue weighted by Gasteiger charge is -2.35. The Morgan fingerprint density at radius 2 is 1.87 bits per heavy atom. The number of halogens is 1. The van der Waals surface area contributed by atoms with Crippen LogP contribution in [0, 0.1) is 5.82 Å². The second-order valence-corrected chi connectivity index (χ2v) is 8.22. The predicted octanol–water partition coefficient (Wildman–Crippen LogP) is 2.46. The number of nitrogens with one attached hydrogen (secondary N) is 1. The molecule has 6 nitrogen and oxygen atoms in total. The highest BCUT2D eigenvalue weighted by molar-refractivity contribution is 5.80. The van der Waals surface area contributed by atoms with Gasteiger partial charge in [-0.05, 0) is 43.8 Å². The van der Waals surface area contributed by atoms with E-state index in [1.807, 2.05) is 19.2 Å². The van der Waals surface area contributed by atoms with Crippen LogP contribution in [0.2, 0.25) is 0 Å². The predicted molar refractivity (Wildman–Crippen MR) is 124 cm³/mol. The lowest BCUT2D eigenvalue weighted by molar-refractivity contribution is 0.223. The van der Waals surface area contributed by atoms with Crippen molar-refractivity contribution in [3.8, 4) is 0 Å². The number of piperazine rings is 1. The van der Waals surface area contributed by atoms with Gasteiger partial charge in [0.1, 0.15) is 5.82 Å². The van der Waals surface area contributed by atoms with Gasteiger partial charge in [0.15, 0.2) is 5.96 Å². The molecule has 1 aromatic rings. The number of benzene rings is 1. The summed E-state index contributed by atoms with van der Waals surface area (Å²) < 4.78 is 14.8. The van der Waals surface area contributed by atoms with Crippen molar-refractivity contribution >= 4 is 11.6 Å². The highest BCUT2D eigenvalue weighted by Crippen LogP contribution is 2.22. The summed E-state index contributed by atoms with van der Waals surface area (Å²) in [5, 5.41) is 3.43. The molecule has 0 bridgehead atoms. The summed E-state index contributed by atoms with van der Waals surface area (Å²) in [4.78, 5) is 13.9. The first-order valence-electron chi connectivity index (χ1n) is 11.5. The quantitative estimate of drug-likeness (QED) is 0.544. The standard InChI is InChI=1S/C23H39FN6/c1-5-27-12-14-29(15-13-27)22-9-8-19(16-21(22)24)17-26-23(25-4)30-11-10-20(18-30)28(6-2)7-3/h8-9,16,20H,5-7,10-15,17-18H2,1-4H3,(H,25,26). The van der Waals surface area contributed by atoms with Crippen molar-refractivity contribution in [1.82, 2.24) is 20.0 Å². The summed E-state index contributed by atoms with van der Waals surface area (Å²) >= 11 is 0. The molecule has 2 fully saturated rings. The second-order valence-electron chi connectivity index (χ2n) is 8.22. The van der Waals surface area contributed by atoms with Gasteiger partial charge in [-0.2, -0.15) is 0 Å². The molecule has 1 aromatic carbocycles. The molecule has 30 heavy (non-hydrogen) atoms. The molecule has 2 saturated heterocycles. The fourth-order valence-electron chi connectivity index (χ4n) is 4.71. The maximum Gasteiger partial charge on any atom is 0.193 e. The van der Waals surface area contributed by atoms with Gasteiger partial charge in [-0.3, -0.25) is 9.89 Å². The van der Waals surface area contributed by atoms with Crippen molar-refractivity contribution in [2.24, 2.45) is 4.99 Å². The van der Waals surface area contributed by atoms with Crippen molar-refractivity contribution < 1.29 is 4.39 Å². The zero-order valence-electron chi connectivity index (χ0n) is 19.2. The number of aliphatic imine (C=N–C) groups is 1. The molecular weight excluding hydrogens is 379 g/mol. The van der Waals surface area contributed by atoms with Gasteiger partial charge in [-0.1, -0.05) is 26.8 Å². The number of hydrogen-bond donors (Lipinski definition) is 1. The molecule has 2 aliphatic rings. The Balaban J connectivity index is 1.54. The van der Waals surface area contributed by atoms with E-state index in [2.05, 4.69) is 50.7 Å². The third kappa shape index (κ3) is 5.43. The van der Waals surface area contributed by atoms with E-state index in [1.54, 1.807) is 6.07 Å². The van der Waals surface area contributed by atoms with Gasteiger partial charge in [0.25, 0.3) is 0 Å². The van der Waals surface area contributed by atoms with Gasteiger partial charge >= 0.3 is 0 Å².